The lowest BCUT2D eigenvalue weighted by Crippen LogP contribution is -2.42. The van der Waals surface area contributed by atoms with Crippen molar-refractivity contribution >= 4 is 23.6 Å². The molecule has 1 aliphatic heterocycles. The topological polar surface area (TPSA) is 69.6 Å². The molecule has 0 aromatic heterocycles. The Hall–Kier alpha value is -2.30. The Morgan fingerprint density at radius 2 is 2.14 bits per heavy atom. The summed E-state index contributed by atoms with van der Waals surface area (Å²) in [7, 11) is 1.66. The van der Waals surface area contributed by atoms with Crippen LogP contribution < -0.4 is 10.2 Å². The first-order valence-electron chi connectivity index (χ1n) is 7.08. The molecule has 1 fully saturated rings. The number of carbonyl (C=O) groups excluding carboxylic acids is 1. The number of carboxylic acid groups (broad SMARTS) is 1. The molecule has 1 aliphatic rings. The summed E-state index contributed by atoms with van der Waals surface area (Å²) in [5.74, 6) is -0.912. The van der Waals surface area contributed by atoms with E-state index in [0.29, 0.717) is 6.54 Å². The van der Waals surface area contributed by atoms with Gasteiger partial charge in [-0.25, -0.2) is 4.79 Å². The number of amides is 1. The summed E-state index contributed by atoms with van der Waals surface area (Å²) in [5.41, 5.74) is 1.83. The van der Waals surface area contributed by atoms with Crippen LogP contribution in [0.1, 0.15) is 18.4 Å². The van der Waals surface area contributed by atoms with Crippen molar-refractivity contribution in [1.82, 2.24) is 5.32 Å². The highest BCUT2D eigenvalue weighted by Crippen LogP contribution is 2.27. The summed E-state index contributed by atoms with van der Waals surface area (Å²) in [4.78, 5) is 24.7. The molecule has 21 heavy (non-hydrogen) atoms. The number of rotatable bonds is 4. The molecule has 0 bridgehead atoms. The van der Waals surface area contributed by atoms with Gasteiger partial charge in [-0.2, -0.15) is 0 Å². The molecule has 5 nitrogen and oxygen atoms in total. The third-order valence-electron chi connectivity index (χ3n) is 3.72. The average Bonchev–Trinajstić information content (AvgIpc) is 2.52. The van der Waals surface area contributed by atoms with Gasteiger partial charge in [-0.3, -0.25) is 4.79 Å². The average molecular weight is 288 g/mol. The van der Waals surface area contributed by atoms with Crippen LogP contribution >= 0.6 is 0 Å². The SMILES string of the molecule is CNC(=O)C1CCCN(c2ccccc2/C=C/C(=O)O)C1. The summed E-state index contributed by atoms with van der Waals surface area (Å²) in [5, 5.41) is 11.5. The van der Waals surface area contributed by atoms with Crippen LogP contribution in [0.2, 0.25) is 0 Å². The fraction of sp³-hybridized carbons (Fsp3) is 0.375. The molecule has 1 heterocycles. The van der Waals surface area contributed by atoms with Gasteiger partial charge in [-0.15, -0.1) is 0 Å². The molecular weight excluding hydrogens is 268 g/mol. The van der Waals surface area contributed by atoms with Gasteiger partial charge >= 0.3 is 5.97 Å². The number of carbonyl (C=O) groups is 2. The number of piperidine rings is 1. The smallest absolute Gasteiger partial charge is 0.328 e. The van der Waals surface area contributed by atoms with E-state index in [-0.39, 0.29) is 11.8 Å². The van der Waals surface area contributed by atoms with Crippen molar-refractivity contribution in [2.24, 2.45) is 5.92 Å². The van der Waals surface area contributed by atoms with Gasteiger partial charge in [-0.05, 0) is 30.5 Å². The van der Waals surface area contributed by atoms with Crippen LogP contribution in [0.3, 0.4) is 0 Å². The highest BCUT2D eigenvalue weighted by atomic mass is 16.4. The molecule has 1 amide bonds. The van der Waals surface area contributed by atoms with Crippen LogP contribution in [-0.4, -0.2) is 37.1 Å². The summed E-state index contributed by atoms with van der Waals surface area (Å²) < 4.78 is 0. The first-order valence-corrected chi connectivity index (χ1v) is 7.08. The minimum Gasteiger partial charge on any atom is -0.478 e. The van der Waals surface area contributed by atoms with Gasteiger partial charge in [0.1, 0.15) is 0 Å². The molecule has 1 atom stereocenters. The molecule has 0 saturated carbocycles. The third-order valence-corrected chi connectivity index (χ3v) is 3.72. The zero-order chi connectivity index (χ0) is 15.2. The molecule has 0 aliphatic carbocycles. The van der Waals surface area contributed by atoms with E-state index < -0.39 is 5.97 Å². The van der Waals surface area contributed by atoms with Crippen LogP contribution in [0.15, 0.2) is 30.3 Å². The van der Waals surface area contributed by atoms with Crippen molar-refractivity contribution in [3.8, 4) is 0 Å². The summed E-state index contributed by atoms with van der Waals surface area (Å²) >= 11 is 0. The number of para-hydroxylation sites is 1. The van der Waals surface area contributed by atoms with Crippen LogP contribution in [-0.2, 0) is 9.59 Å². The highest BCUT2D eigenvalue weighted by molar-refractivity contribution is 5.87. The summed E-state index contributed by atoms with van der Waals surface area (Å²) in [6.07, 6.45) is 4.58. The van der Waals surface area contributed by atoms with Crippen LogP contribution in [0, 0.1) is 5.92 Å². The summed E-state index contributed by atoms with van der Waals surface area (Å²) in [6, 6.07) is 7.66. The predicted molar refractivity (Wildman–Crippen MR) is 82.1 cm³/mol. The number of nitrogens with zero attached hydrogens (tertiary/aromatic N) is 1. The lowest BCUT2D eigenvalue weighted by molar-refractivity contribution is -0.131. The Balaban J connectivity index is 2.21. The largest absolute Gasteiger partial charge is 0.478 e. The van der Waals surface area contributed by atoms with E-state index in [1.807, 2.05) is 24.3 Å². The van der Waals surface area contributed by atoms with E-state index in [0.717, 1.165) is 36.7 Å². The number of anilines is 1. The third kappa shape index (κ3) is 3.84. The van der Waals surface area contributed by atoms with E-state index >= 15 is 0 Å². The molecular formula is C16H20N2O3. The Kier molecular flexibility index (Phi) is 4.98. The molecule has 0 radical (unpaired) electrons. The van der Waals surface area contributed by atoms with Crippen molar-refractivity contribution in [3.63, 3.8) is 0 Å². The van der Waals surface area contributed by atoms with Gasteiger partial charge in [0, 0.05) is 31.9 Å². The van der Waals surface area contributed by atoms with E-state index in [9.17, 15) is 9.59 Å². The maximum Gasteiger partial charge on any atom is 0.328 e. The van der Waals surface area contributed by atoms with E-state index in [4.69, 9.17) is 5.11 Å². The minimum atomic E-state index is -0.966. The van der Waals surface area contributed by atoms with Gasteiger partial charge in [0.2, 0.25) is 5.91 Å². The first-order chi connectivity index (χ1) is 10.1. The van der Waals surface area contributed by atoms with Crippen LogP contribution in [0.25, 0.3) is 6.08 Å². The zero-order valence-corrected chi connectivity index (χ0v) is 12.1. The number of benzene rings is 1. The number of hydrogen-bond donors (Lipinski definition) is 2. The second-order valence-electron chi connectivity index (χ2n) is 5.13. The van der Waals surface area contributed by atoms with Crippen molar-refractivity contribution < 1.29 is 14.7 Å². The summed E-state index contributed by atoms with van der Waals surface area (Å²) in [6.45, 7) is 1.54. The zero-order valence-electron chi connectivity index (χ0n) is 12.1. The van der Waals surface area contributed by atoms with Crippen LogP contribution in [0.5, 0.6) is 0 Å². The molecule has 2 rings (SSSR count). The first kappa shape index (κ1) is 15.1. The van der Waals surface area contributed by atoms with Crippen molar-refractivity contribution in [1.29, 1.82) is 0 Å². The van der Waals surface area contributed by atoms with Crippen LogP contribution in [0.4, 0.5) is 5.69 Å². The molecule has 0 spiro atoms. The number of carboxylic acids is 1. The van der Waals surface area contributed by atoms with Gasteiger partial charge in [0.15, 0.2) is 0 Å². The fourth-order valence-electron chi connectivity index (χ4n) is 2.69. The molecule has 1 aromatic rings. The molecule has 1 aromatic carbocycles. The Bertz CT molecular complexity index is 554. The quantitative estimate of drug-likeness (QED) is 0.828. The number of nitrogens with one attached hydrogen (secondary N) is 1. The number of hydrogen-bond acceptors (Lipinski definition) is 3. The molecule has 5 heteroatoms. The van der Waals surface area contributed by atoms with E-state index in [2.05, 4.69) is 10.2 Å². The fourth-order valence-corrected chi connectivity index (χ4v) is 2.69. The van der Waals surface area contributed by atoms with Gasteiger partial charge < -0.3 is 15.3 Å². The Morgan fingerprint density at radius 3 is 2.86 bits per heavy atom. The van der Waals surface area contributed by atoms with E-state index in [1.54, 1.807) is 13.1 Å². The van der Waals surface area contributed by atoms with Crippen molar-refractivity contribution in [3.05, 3.63) is 35.9 Å². The second-order valence-corrected chi connectivity index (χ2v) is 5.13. The molecule has 1 unspecified atom stereocenters. The van der Waals surface area contributed by atoms with E-state index in [1.165, 1.54) is 0 Å². The Morgan fingerprint density at radius 1 is 1.38 bits per heavy atom. The predicted octanol–water partition coefficient (Wildman–Crippen LogP) is 1.75. The maximum absolute atomic E-state index is 11.8. The number of aliphatic carboxylic acids is 1. The molecule has 1 saturated heterocycles. The maximum atomic E-state index is 11.8. The second kappa shape index (κ2) is 6.92. The Labute approximate surface area is 124 Å². The molecule has 2 N–H and O–H groups in total. The standard InChI is InChI=1S/C16H20N2O3/c1-17-16(21)13-6-4-10-18(11-13)14-7-3-2-5-12(14)8-9-15(19)20/h2-3,5,7-9,13H,4,6,10-11H2,1H3,(H,17,21)(H,19,20)/b9-8+. The van der Waals surface area contributed by atoms with Gasteiger partial charge in [-0.1, -0.05) is 18.2 Å². The lowest BCUT2D eigenvalue weighted by Gasteiger charge is -2.34. The van der Waals surface area contributed by atoms with Gasteiger partial charge in [0.25, 0.3) is 0 Å². The van der Waals surface area contributed by atoms with Crippen molar-refractivity contribution in [2.45, 2.75) is 12.8 Å². The lowest BCUT2D eigenvalue weighted by atomic mass is 9.96. The van der Waals surface area contributed by atoms with Gasteiger partial charge in [0.05, 0.1) is 5.92 Å². The highest BCUT2D eigenvalue weighted by Gasteiger charge is 2.25. The molecule has 112 valence electrons. The minimum absolute atomic E-state index is 0.0136. The monoisotopic (exact) mass is 288 g/mol. The van der Waals surface area contributed by atoms with Crippen molar-refractivity contribution in [2.75, 3.05) is 25.0 Å². The normalized spacial score (nSPS) is 18.7.